The number of ether oxygens (including phenoxy) is 2. The normalized spacial score (nSPS) is 36.8. The van der Waals surface area contributed by atoms with E-state index in [0.717, 1.165) is 6.61 Å². The molecule has 0 heterocycles. The molecule has 0 aromatic carbocycles. The highest BCUT2D eigenvalue weighted by atomic mass is 28.3. The summed E-state index contributed by atoms with van der Waals surface area (Å²) >= 11 is 0. The average Bonchev–Trinajstić information content (AvgIpc) is 3.00. The minimum Gasteiger partial charge on any atom is -0.352 e. The van der Waals surface area contributed by atoms with Gasteiger partial charge in [-0.2, -0.15) is 0 Å². The van der Waals surface area contributed by atoms with Crippen LogP contribution in [-0.2, 0) is 9.47 Å². The summed E-state index contributed by atoms with van der Waals surface area (Å²) in [5.41, 5.74) is 0.933. The van der Waals surface area contributed by atoms with Crippen LogP contribution in [0.3, 0.4) is 0 Å². The van der Waals surface area contributed by atoms with Gasteiger partial charge in [-0.05, 0) is 31.7 Å². The molecular formula is C13H24O2Si. The Balaban J connectivity index is 1.62. The van der Waals surface area contributed by atoms with Gasteiger partial charge in [0, 0.05) is 32.6 Å². The summed E-state index contributed by atoms with van der Waals surface area (Å²) in [6, 6.07) is 1.25. The van der Waals surface area contributed by atoms with E-state index in [1.165, 1.54) is 31.7 Å². The maximum atomic E-state index is 6.23. The lowest BCUT2D eigenvalue weighted by Crippen LogP contribution is -2.28. The van der Waals surface area contributed by atoms with Crippen LogP contribution in [0.25, 0.3) is 0 Å². The number of hydrogen-bond acceptors (Lipinski definition) is 2. The van der Waals surface area contributed by atoms with Crippen LogP contribution in [-0.4, -0.2) is 27.6 Å². The van der Waals surface area contributed by atoms with Gasteiger partial charge in [0.15, 0.2) is 5.79 Å². The first kappa shape index (κ1) is 11.2. The predicted molar refractivity (Wildman–Crippen MR) is 67.2 cm³/mol. The van der Waals surface area contributed by atoms with Crippen molar-refractivity contribution < 1.29 is 9.47 Å². The van der Waals surface area contributed by atoms with Crippen LogP contribution in [0.5, 0.6) is 0 Å². The highest BCUT2D eigenvalue weighted by Gasteiger charge is 2.98. The average molecular weight is 240 g/mol. The molecule has 3 aliphatic rings. The molecule has 0 aromatic rings. The van der Waals surface area contributed by atoms with E-state index in [9.17, 15) is 0 Å². The van der Waals surface area contributed by atoms with E-state index < -0.39 is 8.07 Å². The molecule has 0 N–H and O–H groups in total. The third kappa shape index (κ3) is 1.15. The van der Waals surface area contributed by atoms with Crippen LogP contribution in [0.4, 0.5) is 0 Å². The van der Waals surface area contributed by atoms with Gasteiger partial charge in [-0.25, -0.2) is 0 Å². The molecule has 0 aliphatic heterocycles. The van der Waals surface area contributed by atoms with Crippen molar-refractivity contribution in [2.45, 2.75) is 57.2 Å². The van der Waals surface area contributed by atoms with Gasteiger partial charge in [0.25, 0.3) is 0 Å². The third-order valence-corrected chi connectivity index (χ3v) is 6.76. The molecule has 0 radical (unpaired) electrons. The van der Waals surface area contributed by atoms with E-state index >= 15 is 0 Å². The lowest BCUT2D eigenvalue weighted by molar-refractivity contribution is -0.171. The Bertz CT molecular complexity index is 292. The van der Waals surface area contributed by atoms with E-state index in [4.69, 9.17) is 9.47 Å². The van der Waals surface area contributed by atoms with Crippen LogP contribution in [0.1, 0.15) is 25.7 Å². The van der Waals surface area contributed by atoms with Gasteiger partial charge in [0.05, 0.1) is 0 Å². The molecule has 0 atom stereocenters. The number of fused-ring (bicyclic) bond motifs is 1. The molecule has 3 fully saturated rings. The SMILES string of the molecule is COC1(OCC[Si](C)(C)C)C2(CC2)C12CC2. The summed E-state index contributed by atoms with van der Waals surface area (Å²) in [5.74, 6) is -0.153. The Morgan fingerprint density at radius 1 is 1.00 bits per heavy atom. The summed E-state index contributed by atoms with van der Waals surface area (Å²) in [7, 11) is 0.874. The zero-order valence-electron chi connectivity index (χ0n) is 11.1. The van der Waals surface area contributed by atoms with Crippen molar-refractivity contribution in [1.82, 2.24) is 0 Å². The maximum absolute atomic E-state index is 6.23. The topological polar surface area (TPSA) is 18.5 Å². The first-order chi connectivity index (χ1) is 7.43. The summed E-state index contributed by atoms with van der Waals surface area (Å²) in [4.78, 5) is 0. The van der Waals surface area contributed by atoms with E-state index in [0.29, 0.717) is 10.8 Å². The molecule has 2 spiro atoms. The highest BCUT2D eigenvalue weighted by Crippen LogP contribution is 2.95. The van der Waals surface area contributed by atoms with Gasteiger partial charge in [-0.15, -0.1) is 0 Å². The second kappa shape index (κ2) is 2.93. The summed E-state index contributed by atoms with van der Waals surface area (Å²) < 4.78 is 12.0. The van der Waals surface area contributed by atoms with Crippen LogP contribution < -0.4 is 0 Å². The Hall–Kier alpha value is 0.137. The van der Waals surface area contributed by atoms with Gasteiger partial charge in [0.1, 0.15) is 0 Å². The van der Waals surface area contributed by atoms with Gasteiger partial charge >= 0.3 is 0 Å². The minimum atomic E-state index is -0.974. The number of hydrogen-bond donors (Lipinski definition) is 0. The number of methoxy groups -OCH3 is 1. The molecule has 3 rings (SSSR count). The van der Waals surface area contributed by atoms with Crippen LogP contribution in [0, 0.1) is 10.8 Å². The molecule has 0 saturated heterocycles. The fourth-order valence-corrected chi connectivity index (χ4v) is 4.57. The summed E-state index contributed by atoms with van der Waals surface area (Å²) in [6.45, 7) is 8.13. The Kier molecular flexibility index (Phi) is 2.06. The van der Waals surface area contributed by atoms with Crippen LogP contribution >= 0.6 is 0 Å². The molecule has 92 valence electrons. The summed E-state index contributed by atoms with van der Waals surface area (Å²) in [5, 5.41) is 0. The van der Waals surface area contributed by atoms with Gasteiger partial charge in [-0.3, -0.25) is 0 Å². The van der Waals surface area contributed by atoms with Crippen molar-refractivity contribution in [3.8, 4) is 0 Å². The second-order valence-corrected chi connectivity index (χ2v) is 12.8. The molecule has 16 heavy (non-hydrogen) atoms. The lowest BCUT2D eigenvalue weighted by atomic mass is 10.3. The molecule has 0 amide bonds. The minimum absolute atomic E-state index is 0.153. The molecule has 0 aromatic heterocycles. The van der Waals surface area contributed by atoms with Crippen molar-refractivity contribution >= 4 is 8.07 Å². The number of rotatable bonds is 5. The highest BCUT2D eigenvalue weighted by molar-refractivity contribution is 6.76. The van der Waals surface area contributed by atoms with E-state index in [1.54, 1.807) is 0 Å². The quantitative estimate of drug-likeness (QED) is 0.542. The van der Waals surface area contributed by atoms with Crippen molar-refractivity contribution in [2.24, 2.45) is 10.8 Å². The molecule has 3 aliphatic carbocycles. The van der Waals surface area contributed by atoms with E-state index in [-0.39, 0.29) is 5.79 Å². The molecular weight excluding hydrogens is 216 g/mol. The Labute approximate surface area is 99.7 Å². The van der Waals surface area contributed by atoms with E-state index in [2.05, 4.69) is 19.6 Å². The molecule has 0 unspecified atom stereocenters. The molecule has 0 bridgehead atoms. The van der Waals surface area contributed by atoms with Gasteiger partial charge in [0.2, 0.25) is 0 Å². The Morgan fingerprint density at radius 2 is 1.50 bits per heavy atom. The smallest absolute Gasteiger partial charge is 0.180 e. The predicted octanol–water partition coefficient (Wildman–Crippen LogP) is 3.26. The maximum Gasteiger partial charge on any atom is 0.180 e. The zero-order chi connectivity index (χ0) is 11.7. The van der Waals surface area contributed by atoms with Crippen LogP contribution in [0.15, 0.2) is 0 Å². The standard InChI is InChI=1S/C13H24O2Si/c1-14-13(15-9-10-16(2,3)4)11(5-6-11)12(13)7-8-12/h5-10H2,1-4H3. The fraction of sp³-hybridized carbons (Fsp3) is 1.00. The zero-order valence-corrected chi connectivity index (χ0v) is 12.1. The van der Waals surface area contributed by atoms with Crippen molar-refractivity contribution in [3.05, 3.63) is 0 Å². The van der Waals surface area contributed by atoms with Crippen molar-refractivity contribution in [3.63, 3.8) is 0 Å². The Morgan fingerprint density at radius 3 is 1.81 bits per heavy atom. The molecule has 3 saturated carbocycles. The monoisotopic (exact) mass is 240 g/mol. The summed E-state index contributed by atoms with van der Waals surface area (Å²) in [6.07, 6.45) is 5.36. The molecule has 2 nitrogen and oxygen atoms in total. The first-order valence-electron chi connectivity index (χ1n) is 6.62. The first-order valence-corrected chi connectivity index (χ1v) is 10.3. The second-order valence-electron chi connectivity index (χ2n) is 7.14. The van der Waals surface area contributed by atoms with Gasteiger partial charge < -0.3 is 9.47 Å². The fourth-order valence-electron chi connectivity index (χ4n) is 3.86. The lowest BCUT2D eigenvalue weighted by Gasteiger charge is -2.21. The largest absolute Gasteiger partial charge is 0.352 e. The third-order valence-electron chi connectivity index (χ3n) is 5.06. The van der Waals surface area contributed by atoms with Crippen LogP contribution in [0.2, 0.25) is 25.7 Å². The van der Waals surface area contributed by atoms with Crippen molar-refractivity contribution in [2.75, 3.05) is 13.7 Å². The van der Waals surface area contributed by atoms with Gasteiger partial charge in [-0.1, -0.05) is 19.6 Å². The van der Waals surface area contributed by atoms with Crippen molar-refractivity contribution in [1.29, 1.82) is 0 Å². The van der Waals surface area contributed by atoms with E-state index in [1.807, 2.05) is 7.11 Å². The molecule has 3 heteroatoms.